The molecule has 0 aliphatic carbocycles. The van der Waals surface area contributed by atoms with E-state index in [-0.39, 0.29) is 0 Å². The fourth-order valence-corrected chi connectivity index (χ4v) is 3.58. The van der Waals surface area contributed by atoms with Crippen LogP contribution in [-0.4, -0.2) is 13.1 Å². The van der Waals surface area contributed by atoms with Crippen LogP contribution in [0.2, 0.25) is 5.02 Å². The molecule has 2 heterocycles. The van der Waals surface area contributed by atoms with Crippen molar-refractivity contribution in [3.05, 3.63) is 69.8 Å². The van der Waals surface area contributed by atoms with Crippen molar-refractivity contribution in [2.24, 2.45) is 0 Å². The fourth-order valence-electron chi connectivity index (χ4n) is 3.38. The van der Waals surface area contributed by atoms with Gasteiger partial charge in [0.15, 0.2) is 0 Å². The first-order chi connectivity index (χ1) is 10.8. The normalized spacial score (nSPS) is 17.3. The van der Waals surface area contributed by atoms with Crippen LogP contribution in [0.4, 0.5) is 0 Å². The number of ether oxygens (including phenoxy) is 1. The zero-order valence-electron chi connectivity index (χ0n) is 12.4. The first-order valence-corrected chi connectivity index (χ1v) is 8.14. The molecular formula is C19H18ClNO. The Morgan fingerprint density at radius 2 is 1.77 bits per heavy atom. The minimum atomic E-state index is 0.571. The molecule has 1 saturated heterocycles. The molecule has 0 radical (unpaired) electrons. The quantitative estimate of drug-likeness (QED) is 0.777. The van der Waals surface area contributed by atoms with Gasteiger partial charge in [-0.15, -0.1) is 0 Å². The lowest BCUT2D eigenvalue weighted by Crippen LogP contribution is -2.23. The number of hydrogen-bond donors (Lipinski definition) is 1. The van der Waals surface area contributed by atoms with Crippen molar-refractivity contribution in [2.75, 3.05) is 13.1 Å². The van der Waals surface area contributed by atoms with Gasteiger partial charge in [0.25, 0.3) is 0 Å². The van der Waals surface area contributed by atoms with E-state index in [1.54, 1.807) is 0 Å². The molecule has 2 aromatic rings. The van der Waals surface area contributed by atoms with Gasteiger partial charge in [0, 0.05) is 10.6 Å². The number of rotatable bonds is 0. The van der Waals surface area contributed by atoms with E-state index in [0.717, 1.165) is 36.7 Å². The Morgan fingerprint density at radius 1 is 0.955 bits per heavy atom. The van der Waals surface area contributed by atoms with Crippen LogP contribution in [0, 0.1) is 0 Å². The number of piperidine rings is 1. The summed E-state index contributed by atoms with van der Waals surface area (Å²) in [6.45, 7) is 2.66. The summed E-state index contributed by atoms with van der Waals surface area (Å²) >= 11 is 6.19. The molecule has 0 bridgehead atoms. The van der Waals surface area contributed by atoms with Gasteiger partial charge in [0.2, 0.25) is 0 Å². The maximum absolute atomic E-state index is 6.19. The maximum Gasteiger partial charge on any atom is 0.127 e. The first kappa shape index (κ1) is 13.9. The molecule has 2 aliphatic rings. The molecule has 22 heavy (non-hydrogen) atoms. The molecule has 3 heteroatoms. The smallest absolute Gasteiger partial charge is 0.127 e. The van der Waals surface area contributed by atoms with Crippen molar-refractivity contribution < 1.29 is 4.74 Å². The second-order valence-electron chi connectivity index (χ2n) is 5.81. The number of para-hydroxylation sites is 1. The number of halogens is 1. The third-order valence-electron chi connectivity index (χ3n) is 4.44. The van der Waals surface area contributed by atoms with Gasteiger partial charge < -0.3 is 10.1 Å². The summed E-state index contributed by atoms with van der Waals surface area (Å²) < 4.78 is 6.04. The van der Waals surface area contributed by atoms with Crippen molar-refractivity contribution in [2.45, 2.75) is 19.4 Å². The zero-order valence-corrected chi connectivity index (χ0v) is 13.1. The topological polar surface area (TPSA) is 21.3 Å². The van der Waals surface area contributed by atoms with Crippen LogP contribution in [0.15, 0.2) is 48.0 Å². The Kier molecular flexibility index (Phi) is 3.65. The van der Waals surface area contributed by atoms with E-state index in [1.165, 1.54) is 27.8 Å². The Bertz CT molecular complexity index is 743. The lowest BCUT2D eigenvalue weighted by molar-refractivity contribution is 0.307. The summed E-state index contributed by atoms with van der Waals surface area (Å²) in [5.41, 5.74) is 6.51. The van der Waals surface area contributed by atoms with Gasteiger partial charge in [-0.05, 0) is 60.8 Å². The zero-order chi connectivity index (χ0) is 14.9. The molecule has 1 fully saturated rings. The van der Waals surface area contributed by atoms with Gasteiger partial charge in [0.1, 0.15) is 12.4 Å². The van der Waals surface area contributed by atoms with Crippen molar-refractivity contribution in [1.29, 1.82) is 0 Å². The molecule has 2 nitrogen and oxygen atoms in total. The van der Waals surface area contributed by atoms with E-state index >= 15 is 0 Å². The van der Waals surface area contributed by atoms with Crippen LogP contribution < -0.4 is 10.1 Å². The van der Waals surface area contributed by atoms with Crippen LogP contribution >= 0.6 is 11.6 Å². The summed E-state index contributed by atoms with van der Waals surface area (Å²) in [7, 11) is 0. The Balaban J connectivity index is 1.98. The standard InChI is InChI=1S/C19H18ClNO/c20-15-5-6-16-14(11-15)12-22-18-4-2-1-3-17(18)19(16)13-7-9-21-10-8-13/h1-6,11,21H,7-10,12H2. The van der Waals surface area contributed by atoms with Crippen LogP contribution in [-0.2, 0) is 6.61 Å². The molecule has 1 N–H and O–H groups in total. The third-order valence-corrected chi connectivity index (χ3v) is 4.67. The summed E-state index contributed by atoms with van der Waals surface area (Å²) in [5.74, 6) is 0.968. The van der Waals surface area contributed by atoms with E-state index in [0.29, 0.717) is 6.61 Å². The molecule has 2 aliphatic heterocycles. The minimum Gasteiger partial charge on any atom is -0.488 e. The monoisotopic (exact) mass is 311 g/mol. The van der Waals surface area contributed by atoms with E-state index in [9.17, 15) is 0 Å². The second-order valence-corrected chi connectivity index (χ2v) is 6.25. The highest BCUT2D eigenvalue weighted by molar-refractivity contribution is 6.30. The number of hydrogen-bond acceptors (Lipinski definition) is 2. The molecule has 0 saturated carbocycles. The van der Waals surface area contributed by atoms with E-state index in [1.807, 2.05) is 18.2 Å². The van der Waals surface area contributed by atoms with Gasteiger partial charge >= 0.3 is 0 Å². The van der Waals surface area contributed by atoms with Crippen LogP contribution in [0.5, 0.6) is 5.75 Å². The van der Waals surface area contributed by atoms with Crippen molar-refractivity contribution >= 4 is 17.2 Å². The molecular weight excluding hydrogens is 294 g/mol. The number of nitrogens with one attached hydrogen (secondary N) is 1. The molecule has 0 spiro atoms. The minimum absolute atomic E-state index is 0.571. The molecule has 0 aromatic heterocycles. The fraction of sp³-hybridized carbons (Fsp3) is 0.263. The van der Waals surface area contributed by atoms with Crippen molar-refractivity contribution in [3.8, 4) is 5.75 Å². The van der Waals surface area contributed by atoms with E-state index < -0.39 is 0 Å². The largest absolute Gasteiger partial charge is 0.488 e. The van der Waals surface area contributed by atoms with Crippen LogP contribution in [0.25, 0.3) is 5.57 Å². The SMILES string of the molecule is Clc1ccc2c(c1)COc1ccccc1C2=C1CCNCC1. The van der Waals surface area contributed by atoms with Crippen LogP contribution in [0.1, 0.15) is 29.5 Å². The lowest BCUT2D eigenvalue weighted by atomic mass is 9.87. The molecule has 2 aromatic carbocycles. The van der Waals surface area contributed by atoms with Gasteiger partial charge in [-0.1, -0.05) is 41.4 Å². The summed E-state index contributed by atoms with van der Waals surface area (Å²) in [5, 5.41) is 4.21. The Morgan fingerprint density at radius 3 is 2.64 bits per heavy atom. The number of fused-ring (bicyclic) bond motifs is 2. The lowest BCUT2D eigenvalue weighted by Gasteiger charge is -2.21. The van der Waals surface area contributed by atoms with E-state index in [4.69, 9.17) is 16.3 Å². The summed E-state index contributed by atoms with van der Waals surface area (Å²) in [4.78, 5) is 0. The van der Waals surface area contributed by atoms with Gasteiger partial charge in [-0.25, -0.2) is 0 Å². The predicted molar refractivity (Wildman–Crippen MR) is 90.4 cm³/mol. The Labute approximate surface area is 135 Å². The third kappa shape index (κ3) is 2.43. The number of benzene rings is 2. The van der Waals surface area contributed by atoms with Gasteiger partial charge in [-0.2, -0.15) is 0 Å². The maximum atomic E-state index is 6.19. The molecule has 0 atom stereocenters. The average Bonchev–Trinajstić information content (AvgIpc) is 2.72. The Hall–Kier alpha value is -1.77. The molecule has 0 unspecified atom stereocenters. The predicted octanol–water partition coefficient (Wildman–Crippen LogP) is 4.42. The average molecular weight is 312 g/mol. The molecule has 112 valence electrons. The van der Waals surface area contributed by atoms with E-state index in [2.05, 4.69) is 29.6 Å². The summed E-state index contributed by atoms with van der Waals surface area (Å²) in [6, 6.07) is 14.5. The van der Waals surface area contributed by atoms with Crippen LogP contribution in [0.3, 0.4) is 0 Å². The van der Waals surface area contributed by atoms with Crippen molar-refractivity contribution in [1.82, 2.24) is 5.32 Å². The van der Waals surface area contributed by atoms with Gasteiger partial charge in [-0.3, -0.25) is 0 Å². The second kappa shape index (κ2) is 5.79. The highest BCUT2D eigenvalue weighted by atomic mass is 35.5. The van der Waals surface area contributed by atoms with Crippen molar-refractivity contribution in [3.63, 3.8) is 0 Å². The highest BCUT2D eigenvalue weighted by Crippen LogP contribution is 2.40. The molecule has 4 rings (SSSR count). The molecule has 0 amide bonds. The first-order valence-electron chi connectivity index (χ1n) is 7.76. The van der Waals surface area contributed by atoms with Gasteiger partial charge in [0.05, 0.1) is 0 Å². The summed E-state index contributed by atoms with van der Waals surface area (Å²) in [6.07, 6.45) is 2.18. The highest BCUT2D eigenvalue weighted by Gasteiger charge is 2.23.